The molecule has 1 aliphatic carbocycles. The van der Waals surface area contributed by atoms with Crippen molar-refractivity contribution in [1.82, 2.24) is 5.32 Å². The average molecular weight is 292 g/mol. The van der Waals surface area contributed by atoms with Crippen LogP contribution in [0.4, 0.5) is 0 Å². The van der Waals surface area contributed by atoms with Crippen LogP contribution in [0, 0.1) is 0 Å². The lowest BCUT2D eigenvalue weighted by Gasteiger charge is -2.37. The first kappa shape index (κ1) is 15.6. The monoisotopic (exact) mass is 292 g/mol. The summed E-state index contributed by atoms with van der Waals surface area (Å²) in [4.78, 5) is 11.8. The normalized spacial score (nSPS) is 16.0. The quantitative estimate of drug-likeness (QED) is 0.801. The molecule has 0 radical (unpaired) electrons. The van der Waals surface area contributed by atoms with Gasteiger partial charge in [0, 0.05) is 18.5 Å². The molecule has 2 rings (SSSR count). The van der Waals surface area contributed by atoms with Gasteiger partial charge in [-0.15, -0.1) is 0 Å². The van der Waals surface area contributed by atoms with Gasteiger partial charge in [0.1, 0.15) is 0 Å². The highest BCUT2D eigenvalue weighted by Crippen LogP contribution is 2.32. The lowest BCUT2D eigenvalue weighted by atomic mass is 9.75. The SMILES string of the molecule is COc1ccc(CCNC(=O)CC2(N)CCC2)cc1OC. The Balaban J connectivity index is 1.79. The van der Waals surface area contributed by atoms with Crippen LogP contribution in [0.3, 0.4) is 0 Å². The van der Waals surface area contributed by atoms with Gasteiger partial charge in [-0.05, 0) is 43.4 Å². The number of rotatable bonds is 7. The van der Waals surface area contributed by atoms with Crippen LogP contribution in [-0.4, -0.2) is 32.2 Å². The van der Waals surface area contributed by atoms with Gasteiger partial charge in [0.15, 0.2) is 11.5 Å². The van der Waals surface area contributed by atoms with E-state index < -0.39 is 0 Å². The highest BCUT2D eigenvalue weighted by atomic mass is 16.5. The number of amides is 1. The van der Waals surface area contributed by atoms with E-state index in [4.69, 9.17) is 15.2 Å². The maximum atomic E-state index is 11.8. The molecule has 1 aromatic rings. The fourth-order valence-corrected chi connectivity index (χ4v) is 2.57. The van der Waals surface area contributed by atoms with E-state index in [1.807, 2.05) is 18.2 Å². The Morgan fingerprint density at radius 3 is 2.57 bits per heavy atom. The summed E-state index contributed by atoms with van der Waals surface area (Å²) in [6, 6.07) is 5.78. The van der Waals surface area contributed by atoms with Crippen molar-refractivity contribution in [3.8, 4) is 11.5 Å². The van der Waals surface area contributed by atoms with Crippen LogP contribution in [0.15, 0.2) is 18.2 Å². The Kier molecular flexibility index (Phi) is 5.07. The van der Waals surface area contributed by atoms with Gasteiger partial charge in [0.2, 0.25) is 5.91 Å². The molecule has 0 saturated heterocycles. The number of hydrogen-bond donors (Lipinski definition) is 2. The van der Waals surface area contributed by atoms with E-state index in [-0.39, 0.29) is 11.4 Å². The van der Waals surface area contributed by atoms with Crippen LogP contribution >= 0.6 is 0 Å². The second-order valence-corrected chi connectivity index (χ2v) is 5.68. The second-order valence-electron chi connectivity index (χ2n) is 5.68. The summed E-state index contributed by atoms with van der Waals surface area (Å²) >= 11 is 0. The molecule has 0 heterocycles. The first-order chi connectivity index (χ1) is 10.1. The maximum absolute atomic E-state index is 11.8. The molecule has 5 nitrogen and oxygen atoms in total. The number of carbonyl (C=O) groups excluding carboxylic acids is 1. The van der Waals surface area contributed by atoms with Gasteiger partial charge in [-0.1, -0.05) is 6.07 Å². The first-order valence-corrected chi connectivity index (χ1v) is 7.33. The maximum Gasteiger partial charge on any atom is 0.221 e. The predicted octanol–water partition coefficient (Wildman–Crippen LogP) is 1.63. The Bertz CT molecular complexity index is 498. The molecule has 1 fully saturated rings. The van der Waals surface area contributed by atoms with Crippen molar-refractivity contribution >= 4 is 5.91 Å². The number of hydrogen-bond acceptors (Lipinski definition) is 4. The van der Waals surface area contributed by atoms with Crippen molar-refractivity contribution in [3.05, 3.63) is 23.8 Å². The van der Waals surface area contributed by atoms with E-state index in [0.717, 1.165) is 31.2 Å². The van der Waals surface area contributed by atoms with Crippen LogP contribution in [0.5, 0.6) is 11.5 Å². The molecular weight excluding hydrogens is 268 g/mol. The van der Waals surface area contributed by atoms with Crippen LogP contribution in [0.25, 0.3) is 0 Å². The van der Waals surface area contributed by atoms with Crippen LogP contribution in [0.2, 0.25) is 0 Å². The van der Waals surface area contributed by atoms with Crippen molar-refractivity contribution in [1.29, 1.82) is 0 Å². The number of methoxy groups -OCH3 is 2. The molecule has 1 amide bonds. The lowest BCUT2D eigenvalue weighted by molar-refractivity contribution is -0.122. The predicted molar refractivity (Wildman–Crippen MR) is 81.6 cm³/mol. The molecular formula is C16H24N2O3. The molecule has 21 heavy (non-hydrogen) atoms. The van der Waals surface area contributed by atoms with Crippen molar-refractivity contribution in [2.75, 3.05) is 20.8 Å². The molecule has 1 aromatic carbocycles. The third-order valence-electron chi connectivity index (χ3n) is 4.05. The van der Waals surface area contributed by atoms with Crippen molar-refractivity contribution in [2.24, 2.45) is 5.73 Å². The van der Waals surface area contributed by atoms with Crippen molar-refractivity contribution < 1.29 is 14.3 Å². The van der Waals surface area contributed by atoms with E-state index >= 15 is 0 Å². The second kappa shape index (κ2) is 6.80. The minimum atomic E-state index is -0.257. The summed E-state index contributed by atoms with van der Waals surface area (Å²) in [5.41, 5.74) is 6.90. The summed E-state index contributed by atoms with van der Waals surface area (Å²) in [6.45, 7) is 0.602. The van der Waals surface area contributed by atoms with E-state index in [0.29, 0.717) is 24.5 Å². The molecule has 0 atom stereocenters. The highest BCUT2D eigenvalue weighted by molar-refractivity contribution is 5.77. The zero-order valence-electron chi connectivity index (χ0n) is 12.8. The third-order valence-corrected chi connectivity index (χ3v) is 4.05. The minimum Gasteiger partial charge on any atom is -0.493 e. The lowest BCUT2D eigenvalue weighted by Crippen LogP contribution is -2.50. The molecule has 5 heteroatoms. The summed E-state index contributed by atoms with van der Waals surface area (Å²) in [5, 5.41) is 2.93. The molecule has 0 aromatic heterocycles. The number of benzene rings is 1. The van der Waals surface area contributed by atoms with Gasteiger partial charge in [-0.2, -0.15) is 0 Å². The van der Waals surface area contributed by atoms with E-state index in [1.165, 1.54) is 0 Å². The molecule has 3 N–H and O–H groups in total. The largest absolute Gasteiger partial charge is 0.493 e. The van der Waals surface area contributed by atoms with E-state index in [2.05, 4.69) is 5.32 Å². The van der Waals surface area contributed by atoms with Gasteiger partial charge in [-0.3, -0.25) is 4.79 Å². The first-order valence-electron chi connectivity index (χ1n) is 7.33. The Labute approximate surface area is 125 Å². The third kappa shape index (κ3) is 4.11. The van der Waals surface area contributed by atoms with Crippen LogP contribution in [-0.2, 0) is 11.2 Å². The van der Waals surface area contributed by atoms with E-state index in [1.54, 1.807) is 14.2 Å². The number of nitrogens with one attached hydrogen (secondary N) is 1. The van der Waals surface area contributed by atoms with Crippen molar-refractivity contribution in [2.45, 2.75) is 37.6 Å². The summed E-state index contributed by atoms with van der Waals surface area (Å²) in [6.07, 6.45) is 4.23. The summed E-state index contributed by atoms with van der Waals surface area (Å²) in [5.74, 6) is 1.45. The van der Waals surface area contributed by atoms with Gasteiger partial charge in [0.05, 0.1) is 14.2 Å². The number of ether oxygens (including phenoxy) is 2. The van der Waals surface area contributed by atoms with Crippen LogP contribution in [0.1, 0.15) is 31.2 Å². The average Bonchev–Trinajstić information content (AvgIpc) is 2.45. The molecule has 0 bridgehead atoms. The molecule has 116 valence electrons. The standard InChI is InChI=1S/C16H24N2O3/c1-20-13-5-4-12(10-14(13)21-2)6-9-18-15(19)11-16(17)7-3-8-16/h4-5,10H,3,6-9,11,17H2,1-2H3,(H,18,19). The molecule has 0 unspecified atom stereocenters. The molecule has 1 aliphatic rings. The minimum absolute atomic E-state index is 0.0395. The highest BCUT2D eigenvalue weighted by Gasteiger charge is 2.34. The van der Waals surface area contributed by atoms with E-state index in [9.17, 15) is 4.79 Å². The van der Waals surface area contributed by atoms with Gasteiger partial charge >= 0.3 is 0 Å². The van der Waals surface area contributed by atoms with Gasteiger partial charge in [0.25, 0.3) is 0 Å². The fourth-order valence-electron chi connectivity index (χ4n) is 2.57. The smallest absolute Gasteiger partial charge is 0.221 e. The van der Waals surface area contributed by atoms with Gasteiger partial charge in [-0.25, -0.2) is 0 Å². The van der Waals surface area contributed by atoms with Gasteiger partial charge < -0.3 is 20.5 Å². The number of nitrogens with two attached hydrogens (primary N) is 1. The zero-order valence-corrected chi connectivity index (χ0v) is 12.8. The summed E-state index contributed by atoms with van der Waals surface area (Å²) in [7, 11) is 3.23. The fraction of sp³-hybridized carbons (Fsp3) is 0.562. The Morgan fingerprint density at radius 1 is 1.29 bits per heavy atom. The topological polar surface area (TPSA) is 73.6 Å². The van der Waals surface area contributed by atoms with Crippen LogP contribution < -0.4 is 20.5 Å². The zero-order chi connectivity index (χ0) is 15.3. The Hall–Kier alpha value is -1.75. The molecule has 0 aliphatic heterocycles. The Morgan fingerprint density at radius 2 is 2.00 bits per heavy atom. The number of carbonyl (C=O) groups is 1. The van der Waals surface area contributed by atoms with Crippen molar-refractivity contribution in [3.63, 3.8) is 0 Å². The molecule has 1 saturated carbocycles. The molecule has 0 spiro atoms. The summed E-state index contributed by atoms with van der Waals surface area (Å²) < 4.78 is 10.5.